The molecule has 1 aliphatic rings. The zero-order valence-electron chi connectivity index (χ0n) is 22.9. The van der Waals surface area contributed by atoms with E-state index in [0.717, 1.165) is 58.4 Å². The Morgan fingerprint density at radius 1 is 1.11 bits per heavy atom. The van der Waals surface area contributed by atoms with Crippen LogP contribution in [0.2, 0.25) is 0 Å². The molecule has 0 unspecified atom stereocenters. The van der Waals surface area contributed by atoms with Crippen molar-refractivity contribution in [1.29, 1.82) is 0 Å². The van der Waals surface area contributed by atoms with Crippen LogP contribution in [0.5, 0.6) is 5.75 Å². The Labute approximate surface area is 224 Å². The van der Waals surface area contributed by atoms with E-state index >= 15 is 0 Å². The van der Waals surface area contributed by atoms with E-state index in [1.165, 1.54) is 24.8 Å². The molecule has 2 heterocycles. The van der Waals surface area contributed by atoms with E-state index in [1.54, 1.807) is 7.11 Å². The third-order valence-corrected chi connectivity index (χ3v) is 8.16. The van der Waals surface area contributed by atoms with Gasteiger partial charge in [-0.25, -0.2) is 4.68 Å². The van der Waals surface area contributed by atoms with Crippen LogP contribution in [0.4, 0.5) is 0 Å². The number of benzene rings is 2. The minimum Gasteiger partial charge on any atom is -0.497 e. The Hall–Kier alpha value is -3.52. The molecule has 1 fully saturated rings. The molecule has 1 atom stereocenters. The molecule has 5 rings (SSSR count). The van der Waals surface area contributed by atoms with Crippen molar-refractivity contribution in [2.75, 3.05) is 7.11 Å². The summed E-state index contributed by atoms with van der Waals surface area (Å²) in [6.45, 7) is 7.47. The molecule has 0 bridgehead atoms. The van der Waals surface area contributed by atoms with Crippen LogP contribution in [0.3, 0.4) is 0 Å². The summed E-state index contributed by atoms with van der Waals surface area (Å²) in [5, 5.41) is 14.0. The third-order valence-electron chi connectivity index (χ3n) is 8.16. The molecule has 2 aromatic heterocycles. The normalized spacial score (nSPS) is 15.3. The first kappa shape index (κ1) is 26.1. The highest BCUT2D eigenvalue weighted by molar-refractivity contribution is 5.83. The summed E-state index contributed by atoms with van der Waals surface area (Å²) in [5.41, 5.74) is 5.12. The van der Waals surface area contributed by atoms with Gasteiger partial charge in [0.05, 0.1) is 25.2 Å². The van der Waals surface area contributed by atoms with Crippen LogP contribution in [0.1, 0.15) is 79.6 Å². The van der Waals surface area contributed by atoms with Gasteiger partial charge in [0, 0.05) is 18.2 Å². The topological polar surface area (TPSA) is 88.9 Å². The maximum absolute atomic E-state index is 13.3. The van der Waals surface area contributed by atoms with Gasteiger partial charge in [0.2, 0.25) is 0 Å². The monoisotopic (exact) mass is 514 g/mol. The number of H-pyrrole nitrogens is 1. The molecule has 1 saturated carbocycles. The molecular formula is C30H38N6O2. The molecular weight excluding hydrogens is 476 g/mol. The number of aromatic amines is 1. The lowest BCUT2D eigenvalue weighted by Gasteiger charge is -2.39. The van der Waals surface area contributed by atoms with Gasteiger partial charge in [0.25, 0.3) is 5.56 Å². The smallest absolute Gasteiger partial charge is 0.252 e. The summed E-state index contributed by atoms with van der Waals surface area (Å²) in [4.78, 5) is 19.0. The van der Waals surface area contributed by atoms with Crippen molar-refractivity contribution < 1.29 is 4.74 Å². The van der Waals surface area contributed by atoms with Crippen LogP contribution in [0, 0.1) is 13.8 Å². The number of hydrogen-bond donors (Lipinski definition) is 1. The number of methoxy groups -OCH3 is 1. The average molecular weight is 515 g/mol. The Morgan fingerprint density at radius 3 is 2.58 bits per heavy atom. The molecule has 8 nitrogen and oxygen atoms in total. The maximum atomic E-state index is 13.3. The molecule has 200 valence electrons. The highest BCUT2D eigenvalue weighted by Crippen LogP contribution is 2.33. The highest BCUT2D eigenvalue weighted by Gasteiger charge is 2.32. The molecule has 1 N–H and O–H groups in total. The predicted octanol–water partition coefficient (Wildman–Crippen LogP) is 5.47. The number of nitrogens with one attached hydrogen (secondary N) is 1. The number of aromatic nitrogens is 5. The lowest BCUT2D eigenvalue weighted by atomic mass is 9.92. The summed E-state index contributed by atoms with van der Waals surface area (Å²) in [7, 11) is 1.67. The Bertz CT molecular complexity index is 1440. The van der Waals surface area contributed by atoms with Crippen molar-refractivity contribution in [1.82, 2.24) is 30.1 Å². The van der Waals surface area contributed by atoms with E-state index in [0.29, 0.717) is 19.1 Å². The summed E-state index contributed by atoms with van der Waals surface area (Å²) >= 11 is 0. The van der Waals surface area contributed by atoms with Crippen molar-refractivity contribution in [3.05, 3.63) is 80.9 Å². The SMILES string of the molecule is CC[C@H](c1nnnn1Cc1ccc(OC)cc1)N(Cc1cc2ccc(C)c(C)c2[nH]c1=O)C1CCCCC1. The number of ether oxygens (including phenoxy) is 1. The van der Waals surface area contributed by atoms with E-state index in [9.17, 15) is 4.79 Å². The molecule has 0 aliphatic heterocycles. The van der Waals surface area contributed by atoms with Crippen LogP contribution in [0.25, 0.3) is 10.9 Å². The summed E-state index contributed by atoms with van der Waals surface area (Å²) < 4.78 is 7.21. The van der Waals surface area contributed by atoms with Gasteiger partial charge < -0.3 is 9.72 Å². The predicted molar refractivity (Wildman–Crippen MR) is 149 cm³/mol. The van der Waals surface area contributed by atoms with Crippen molar-refractivity contribution in [3.63, 3.8) is 0 Å². The summed E-state index contributed by atoms with van der Waals surface area (Å²) in [6.07, 6.45) is 6.79. The fraction of sp³-hybridized carbons (Fsp3) is 0.467. The first-order valence-electron chi connectivity index (χ1n) is 13.7. The lowest BCUT2D eigenvalue weighted by Crippen LogP contribution is -2.41. The minimum absolute atomic E-state index is 0.00111. The Kier molecular flexibility index (Phi) is 7.88. The summed E-state index contributed by atoms with van der Waals surface area (Å²) in [6, 6.07) is 14.7. The van der Waals surface area contributed by atoms with Gasteiger partial charge in [-0.1, -0.05) is 50.5 Å². The van der Waals surface area contributed by atoms with Crippen LogP contribution >= 0.6 is 0 Å². The number of pyridine rings is 1. The van der Waals surface area contributed by atoms with Crippen molar-refractivity contribution in [2.45, 2.75) is 84.5 Å². The quantitative estimate of drug-likeness (QED) is 0.318. The first-order valence-corrected chi connectivity index (χ1v) is 13.7. The van der Waals surface area contributed by atoms with Gasteiger partial charge in [-0.15, -0.1) is 5.10 Å². The van der Waals surface area contributed by atoms with Crippen LogP contribution in [-0.4, -0.2) is 43.2 Å². The van der Waals surface area contributed by atoms with Crippen molar-refractivity contribution >= 4 is 10.9 Å². The fourth-order valence-corrected chi connectivity index (χ4v) is 5.82. The largest absolute Gasteiger partial charge is 0.497 e. The minimum atomic E-state index is -0.0142. The van der Waals surface area contributed by atoms with Crippen molar-refractivity contribution in [2.24, 2.45) is 0 Å². The molecule has 0 spiro atoms. The zero-order valence-corrected chi connectivity index (χ0v) is 22.9. The second-order valence-electron chi connectivity index (χ2n) is 10.5. The van der Waals surface area contributed by atoms with E-state index in [4.69, 9.17) is 4.74 Å². The average Bonchev–Trinajstić information content (AvgIpc) is 3.40. The molecule has 38 heavy (non-hydrogen) atoms. The summed E-state index contributed by atoms with van der Waals surface area (Å²) in [5.74, 6) is 1.67. The molecule has 8 heteroatoms. The molecule has 0 amide bonds. The van der Waals surface area contributed by atoms with E-state index < -0.39 is 0 Å². The van der Waals surface area contributed by atoms with E-state index in [-0.39, 0.29) is 11.6 Å². The molecule has 2 aromatic carbocycles. The highest BCUT2D eigenvalue weighted by atomic mass is 16.5. The molecule has 1 aliphatic carbocycles. The van der Waals surface area contributed by atoms with Crippen LogP contribution < -0.4 is 10.3 Å². The number of tetrazole rings is 1. The molecule has 0 radical (unpaired) electrons. The van der Waals surface area contributed by atoms with Gasteiger partial charge in [-0.2, -0.15) is 0 Å². The fourth-order valence-electron chi connectivity index (χ4n) is 5.82. The second-order valence-corrected chi connectivity index (χ2v) is 10.5. The Morgan fingerprint density at radius 2 is 1.87 bits per heavy atom. The molecule has 4 aromatic rings. The van der Waals surface area contributed by atoms with Gasteiger partial charge >= 0.3 is 0 Å². The second kappa shape index (κ2) is 11.5. The first-order chi connectivity index (χ1) is 18.5. The van der Waals surface area contributed by atoms with Gasteiger partial charge in [0.1, 0.15) is 5.75 Å². The van der Waals surface area contributed by atoms with Gasteiger partial charge in [-0.05, 0) is 83.8 Å². The Balaban J connectivity index is 1.49. The van der Waals surface area contributed by atoms with Crippen LogP contribution in [0.15, 0.2) is 47.3 Å². The standard InChI is InChI=1S/C30H38N6O2/c1-5-27(29-32-33-34-36(29)18-22-12-15-26(38-4)16-13-22)35(25-9-7-6-8-10-25)19-24-17-23-14-11-20(2)21(3)28(23)31-30(24)37/h11-17,25,27H,5-10,18-19H2,1-4H3,(H,31,37)/t27-/m1/s1. The molecule has 0 saturated heterocycles. The number of nitrogens with zero attached hydrogens (tertiary/aromatic N) is 5. The zero-order chi connectivity index (χ0) is 26.6. The van der Waals surface area contributed by atoms with Gasteiger partial charge in [0.15, 0.2) is 5.82 Å². The van der Waals surface area contributed by atoms with E-state index in [1.807, 2.05) is 28.9 Å². The number of fused-ring (bicyclic) bond motifs is 1. The van der Waals surface area contributed by atoms with E-state index in [2.05, 4.69) is 64.4 Å². The third kappa shape index (κ3) is 5.36. The van der Waals surface area contributed by atoms with Crippen molar-refractivity contribution in [3.8, 4) is 5.75 Å². The number of hydrogen-bond acceptors (Lipinski definition) is 6. The van der Waals surface area contributed by atoms with Crippen LogP contribution in [-0.2, 0) is 13.1 Å². The number of rotatable bonds is 9. The maximum Gasteiger partial charge on any atom is 0.252 e. The number of aryl methyl sites for hydroxylation is 2. The van der Waals surface area contributed by atoms with Gasteiger partial charge in [-0.3, -0.25) is 9.69 Å². The lowest BCUT2D eigenvalue weighted by molar-refractivity contribution is 0.0844.